The zero-order valence-corrected chi connectivity index (χ0v) is 13.8. The molecule has 1 heterocycles. The number of hydrogen-bond acceptors (Lipinski definition) is 3. The Balaban J connectivity index is 2.14. The molecule has 1 aromatic heterocycles. The molecule has 0 bridgehead atoms. The number of hydrogen-bond donors (Lipinski definition) is 0. The van der Waals surface area contributed by atoms with Crippen LogP contribution in [0, 0.1) is 13.8 Å². The quantitative estimate of drug-likeness (QED) is 0.858. The SMILES string of the molecule is CCN(CC)C(=O)n1ccc(Sc2cc(C)cc(C)c2)n1. The Kier molecular flexibility index (Phi) is 5.07. The van der Waals surface area contributed by atoms with E-state index in [2.05, 4.69) is 37.1 Å². The van der Waals surface area contributed by atoms with Crippen LogP contribution in [0.1, 0.15) is 25.0 Å². The van der Waals surface area contributed by atoms with Crippen LogP contribution in [0.15, 0.2) is 40.4 Å². The van der Waals surface area contributed by atoms with Gasteiger partial charge in [0.25, 0.3) is 0 Å². The minimum Gasteiger partial charge on any atom is -0.323 e. The van der Waals surface area contributed by atoms with Crippen molar-refractivity contribution >= 4 is 17.8 Å². The highest BCUT2D eigenvalue weighted by molar-refractivity contribution is 7.99. The fourth-order valence-electron chi connectivity index (χ4n) is 2.22. The van der Waals surface area contributed by atoms with Crippen LogP contribution in [0.5, 0.6) is 0 Å². The molecule has 1 amide bonds. The first-order valence-corrected chi connectivity index (χ1v) is 7.96. The van der Waals surface area contributed by atoms with Crippen molar-refractivity contribution in [2.75, 3.05) is 13.1 Å². The molecule has 21 heavy (non-hydrogen) atoms. The Hall–Kier alpha value is -1.75. The second-order valence-electron chi connectivity index (χ2n) is 4.98. The number of nitrogens with zero attached hydrogens (tertiary/aromatic N) is 3. The third kappa shape index (κ3) is 3.88. The molecular formula is C16H21N3OS. The van der Waals surface area contributed by atoms with Gasteiger partial charge in [-0.05, 0) is 57.0 Å². The van der Waals surface area contributed by atoms with Crippen LogP contribution in [0.4, 0.5) is 4.79 Å². The molecule has 0 spiro atoms. The molecule has 0 saturated heterocycles. The predicted octanol–water partition coefficient (Wildman–Crippen LogP) is 3.96. The maximum atomic E-state index is 12.2. The highest BCUT2D eigenvalue weighted by Gasteiger charge is 2.13. The Morgan fingerprint density at radius 3 is 2.38 bits per heavy atom. The molecule has 2 aromatic rings. The largest absolute Gasteiger partial charge is 0.344 e. The molecule has 4 nitrogen and oxygen atoms in total. The molecule has 0 N–H and O–H groups in total. The third-order valence-corrected chi connectivity index (χ3v) is 4.11. The number of carbonyl (C=O) groups is 1. The van der Waals surface area contributed by atoms with Crippen LogP contribution in [0.2, 0.25) is 0 Å². The lowest BCUT2D eigenvalue weighted by molar-refractivity contribution is 0.201. The summed E-state index contributed by atoms with van der Waals surface area (Å²) in [5, 5.41) is 5.20. The van der Waals surface area contributed by atoms with E-state index in [9.17, 15) is 4.79 Å². The van der Waals surface area contributed by atoms with Crippen molar-refractivity contribution in [3.05, 3.63) is 41.6 Å². The molecule has 1 aromatic carbocycles. The molecule has 0 fully saturated rings. The molecule has 0 unspecified atom stereocenters. The zero-order valence-electron chi connectivity index (χ0n) is 13.0. The van der Waals surface area contributed by atoms with Gasteiger partial charge in [-0.15, -0.1) is 0 Å². The van der Waals surface area contributed by atoms with Gasteiger partial charge in [0.1, 0.15) is 5.03 Å². The molecule has 0 aliphatic heterocycles. The van der Waals surface area contributed by atoms with Gasteiger partial charge in [-0.1, -0.05) is 17.8 Å². The Bertz CT molecular complexity index is 612. The third-order valence-electron chi connectivity index (χ3n) is 3.21. The van der Waals surface area contributed by atoms with Crippen LogP contribution in [-0.2, 0) is 0 Å². The fourth-order valence-corrected chi connectivity index (χ4v) is 3.21. The van der Waals surface area contributed by atoms with E-state index >= 15 is 0 Å². The molecule has 5 heteroatoms. The smallest absolute Gasteiger partial charge is 0.323 e. The minimum atomic E-state index is -0.0766. The minimum absolute atomic E-state index is 0.0766. The van der Waals surface area contributed by atoms with Crippen LogP contribution in [0.25, 0.3) is 0 Å². The van der Waals surface area contributed by atoms with E-state index < -0.39 is 0 Å². The van der Waals surface area contributed by atoms with E-state index in [1.54, 1.807) is 22.9 Å². The van der Waals surface area contributed by atoms with Gasteiger partial charge in [-0.3, -0.25) is 0 Å². The Morgan fingerprint density at radius 2 is 1.81 bits per heavy atom. The number of rotatable bonds is 4. The second-order valence-corrected chi connectivity index (χ2v) is 6.07. The Labute approximate surface area is 130 Å². The molecule has 0 radical (unpaired) electrons. The van der Waals surface area contributed by atoms with E-state index in [1.165, 1.54) is 15.8 Å². The standard InChI is InChI=1S/C16H21N3OS/c1-5-18(6-2)16(20)19-8-7-15(17-19)21-14-10-12(3)9-13(4)11-14/h7-11H,5-6H2,1-4H3. The summed E-state index contributed by atoms with van der Waals surface area (Å²) in [6, 6.07) is 8.20. The monoisotopic (exact) mass is 303 g/mol. The van der Waals surface area contributed by atoms with Gasteiger partial charge < -0.3 is 4.90 Å². The van der Waals surface area contributed by atoms with Gasteiger partial charge in [0, 0.05) is 24.2 Å². The van der Waals surface area contributed by atoms with E-state index in [0.717, 1.165) is 9.92 Å². The highest BCUT2D eigenvalue weighted by Crippen LogP contribution is 2.27. The maximum absolute atomic E-state index is 12.2. The summed E-state index contributed by atoms with van der Waals surface area (Å²) in [6.07, 6.45) is 1.73. The maximum Gasteiger partial charge on any atom is 0.344 e. The first-order chi connectivity index (χ1) is 10.0. The summed E-state index contributed by atoms with van der Waals surface area (Å²) in [5.74, 6) is 0. The van der Waals surface area contributed by atoms with Gasteiger partial charge in [-0.25, -0.2) is 4.79 Å². The lowest BCUT2D eigenvalue weighted by Crippen LogP contribution is -2.34. The first-order valence-electron chi connectivity index (χ1n) is 7.14. The number of aryl methyl sites for hydroxylation is 2. The van der Waals surface area contributed by atoms with Crippen molar-refractivity contribution in [2.24, 2.45) is 0 Å². The lowest BCUT2D eigenvalue weighted by Gasteiger charge is -2.17. The van der Waals surface area contributed by atoms with Crippen LogP contribution in [-0.4, -0.2) is 33.8 Å². The van der Waals surface area contributed by atoms with Crippen molar-refractivity contribution in [3.8, 4) is 0 Å². The van der Waals surface area contributed by atoms with Crippen molar-refractivity contribution < 1.29 is 4.79 Å². The fraction of sp³-hybridized carbons (Fsp3) is 0.375. The summed E-state index contributed by atoms with van der Waals surface area (Å²) in [4.78, 5) is 15.1. The zero-order chi connectivity index (χ0) is 15.4. The predicted molar refractivity (Wildman–Crippen MR) is 86.0 cm³/mol. The lowest BCUT2D eigenvalue weighted by atomic mass is 10.2. The molecule has 0 saturated carbocycles. The van der Waals surface area contributed by atoms with E-state index in [-0.39, 0.29) is 6.03 Å². The molecule has 0 aliphatic carbocycles. The molecule has 0 aliphatic rings. The summed E-state index contributed by atoms with van der Waals surface area (Å²) < 4.78 is 1.41. The Morgan fingerprint density at radius 1 is 1.19 bits per heavy atom. The van der Waals surface area contributed by atoms with E-state index in [0.29, 0.717) is 13.1 Å². The van der Waals surface area contributed by atoms with Crippen LogP contribution in [0.3, 0.4) is 0 Å². The summed E-state index contributed by atoms with van der Waals surface area (Å²) in [5.41, 5.74) is 2.47. The average molecular weight is 303 g/mol. The topological polar surface area (TPSA) is 38.1 Å². The van der Waals surface area contributed by atoms with Crippen LogP contribution < -0.4 is 0 Å². The highest BCUT2D eigenvalue weighted by atomic mass is 32.2. The first kappa shape index (κ1) is 15.6. The summed E-state index contributed by atoms with van der Waals surface area (Å²) >= 11 is 1.58. The average Bonchev–Trinajstić information content (AvgIpc) is 2.87. The number of carbonyl (C=O) groups excluding carboxylic acids is 1. The van der Waals surface area contributed by atoms with E-state index in [4.69, 9.17) is 0 Å². The van der Waals surface area contributed by atoms with Crippen molar-refractivity contribution in [1.29, 1.82) is 0 Å². The number of benzene rings is 1. The normalized spacial score (nSPS) is 10.7. The van der Waals surface area contributed by atoms with E-state index in [1.807, 2.05) is 19.9 Å². The molecular weight excluding hydrogens is 282 g/mol. The summed E-state index contributed by atoms with van der Waals surface area (Å²) in [6.45, 7) is 9.48. The van der Waals surface area contributed by atoms with Gasteiger partial charge in [0.2, 0.25) is 0 Å². The van der Waals surface area contributed by atoms with Crippen LogP contribution >= 0.6 is 11.8 Å². The van der Waals surface area contributed by atoms with Gasteiger partial charge in [0.05, 0.1) is 0 Å². The van der Waals surface area contributed by atoms with Gasteiger partial charge >= 0.3 is 6.03 Å². The summed E-state index contributed by atoms with van der Waals surface area (Å²) in [7, 11) is 0. The van der Waals surface area contributed by atoms with Crippen molar-refractivity contribution in [1.82, 2.24) is 14.7 Å². The molecule has 2 rings (SSSR count). The van der Waals surface area contributed by atoms with Gasteiger partial charge in [-0.2, -0.15) is 9.78 Å². The number of aromatic nitrogens is 2. The van der Waals surface area contributed by atoms with Crippen molar-refractivity contribution in [3.63, 3.8) is 0 Å². The van der Waals surface area contributed by atoms with Gasteiger partial charge in [0.15, 0.2) is 0 Å². The van der Waals surface area contributed by atoms with Crippen molar-refractivity contribution in [2.45, 2.75) is 37.6 Å². The molecule has 0 atom stereocenters. The second kappa shape index (κ2) is 6.80. The number of amides is 1. The molecule has 112 valence electrons.